The standard InChI is InChI=1S/C22H20ClN3O3/c1-29-21-12-11-16(14-24-21)25-20(27)13-19(15-7-3-2-4-8-15)26-22(28)17-9-5-6-10-18(17)23/h2-12,14,19H,13H2,1H3,(H,25,27)(H,26,28)/t19-/m1/s1. The second-order valence-corrected chi connectivity index (χ2v) is 6.67. The molecule has 0 aliphatic heterocycles. The van der Waals surface area contributed by atoms with E-state index in [1.165, 1.54) is 13.3 Å². The number of ether oxygens (including phenoxy) is 1. The molecule has 0 spiro atoms. The average molecular weight is 410 g/mol. The lowest BCUT2D eigenvalue weighted by Gasteiger charge is -2.19. The van der Waals surface area contributed by atoms with E-state index in [0.29, 0.717) is 22.2 Å². The molecule has 0 aliphatic carbocycles. The SMILES string of the molecule is COc1ccc(NC(=O)C[C@@H](NC(=O)c2ccccc2Cl)c2ccccc2)cn1. The Morgan fingerprint density at radius 1 is 1.03 bits per heavy atom. The number of anilines is 1. The number of carbonyl (C=O) groups is 2. The molecule has 148 valence electrons. The number of nitrogens with one attached hydrogen (secondary N) is 2. The number of halogens is 1. The zero-order chi connectivity index (χ0) is 20.6. The Bertz CT molecular complexity index is 978. The molecule has 3 rings (SSSR count). The zero-order valence-corrected chi connectivity index (χ0v) is 16.5. The van der Waals surface area contributed by atoms with Crippen LogP contribution in [0.4, 0.5) is 5.69 Å². The number of hydrogen-bond donors (Lipinski definition) is 2. The summed E-state index contributed by atoms with van der Waals surface area (Å²) in [6, 6.07) is 18.9. The fourth-order valence-corrected chi connectivity index (χ4v) is 3.01. The highest BCUT2D eigenvalue weighted by Crippen LogP contribution is 2.21. The van der Waals surface area contributed by atoms with Crippen LogP contribution < -0.4 is 15.4 Å². The minimum atomic E-state index is -0.522. The van der Waals surface area contributed by atoms with E-state index in [1.807, 2.05) is 30.3 Å². The van der Waals surface area contributed by atoms with Gasteiger partial charge in [-0.3, -0.25) is 9.59 Å². The Kier molecular flexibility index (Phi) is 6.81. The Labute approximate surface area is 173 Å². The van der Waals surface area contributed by atoms with Gasteiger partial charge in [0.15, 0.2) is 0 Å². The number of aromatic nitrogens is 1. The monoisotopic (exact) mass is 409 g/mol. The molecule has 3 aromatic rings. The summed E-state index contributed by atoms with van der Waals surface area (Å²) in [5.74, 6) is -0.147. The number of amides is 2. The minimum absolute atomic E-state index is 0.0479. The van der Waals surface area contributed by atoms with Crippen molar-refractivity contribution in [3.05, 3.63) is 89.1 Å². The molecule has 7 heteroatoms. The fraction of sp³-hybridized carbons (Fsp3) is 0.136. The second-order valence-electron chi connectivity index (χ2n) is 6.26. The van der Waals surface area contributed by atoms with Gasteiger partial charge in [-0.15, -0.1) is 0 Å². The molecule has 2 aromatic carbocycles. The second kappa shape index (κ2) is 9.71. The van der Waals surface area contributed by atoms with Crippen molar-refractivity contribution in [3.63, 3.8) is 0 Å². The first-order valence-electron chi connectivity index (χ1n) is 8.97. The molecule has 0 bridgehead atoms. The maximum absolute atomic E-state index is 12.7. The van der Waals surface area contributed by atoms with Crippen LogP contribution in [0.2, 0.25) is 5.02 Å². The van der Waals surface area contributed by atoms with Gasteiger partial charge in [0, 0.05) is 6.07 Å². The topological polar surface area (TPSA) is 80.3 Å². The van der Waals surface area contributed by atoms with Crippen molar-refractivity contribution in [2.75, 3.05) is 12.4 Å². The smallest absolute Gasteiger partial charge is 0.253 e. The van der Waals surface area contributed by atoms with E-state index < -0.39 is 6.04 Å². The summed E-state index contributed by atoms with van der Waals surface area (Å²) in [4.78, 5) is 29.4. The van der Waals surface area contributed by atoms with Crippen LogP contribution >= 0.6 is 11.6 Å². The van der Waals surface area contributed by atoms with Crippen LogP contribution in [0, 0.1) is 0 Å². The third-order valence-electron chi connectivity index (χ3n) is 4.24. The van der Waals surface area contributed by atoms with Gasteiger partial charge < -0.3 is 15.4 Å². The molecule has 29 heavy (non-hydrogen) atoms. The predicted octanol–water partition coefficient (Wildman–Crippen LogP) is 4.24. The Morgan fingerprint density at radius 3 is 2.41 bits per heavy atom. The van der Waals surface area contributed by atoms with Crippen molar-refractivity contribution in [1.29, 1.82) is 0 Å². The first kappa shape index (κ1) is 20.4. The van der Waals surface area contributed by atoms with E-state index in [2.05, 4.69) is 15.6 Å². The minimum Gasteiger partial charge on any atom is -0.481 e. The van der Waals surface area contributed by atoms with Gasteiger partial charge in [-0.25, -0.2) is 4.98 Å². The lowest BCUT2D eigenvalue weighted by atomic mass is 10.0. The van der Waals surface area contributed by atoms with Crippen LogP contribution in [-0.4, -0.2) is 23.9 Å². The Hall–Kier alpha value is -3.38. The largest absolute Gasteiger partial charge is 0.481 e. The van der Waals surface area contributed by atoms with Gasteiger partial charge in [0.25, 0.3) is 5.91 Å². The molecule has 0 saturated carbocycles. The lowest BCUT2D eigenvalue weighted by Crippen LogP contribution is -2.31. The van der Waals surface area contributed by atoms with E-state index in [4.69, 9.17) is 16.3 Å². The van der Waals surface area contributed by atoms with E-state index in [-0.39, 0.29) is 18.2 Å². The number of benzene rings is 2. The van der Waals surface area contributed by atoms with Crippen molar-refractivity contribution < 1.29 is 14.3 Å². The Morgan fingerprint density at radius 2 is 1.76 bits per heavy atom. The third-order valence-corrected chi connectivity index (χ3v) is 4.57. The van der Waals surface area contributed by atoms with Crippen molar-refractivity contribution in [2.24, 2.45) is 0 Å². The van der Waals surface area contributed by atoms with Gasteiger partial charge in [-0.1, -0.05) is 54.1 Å². The maximum atomic E-state index is 12.7. The lowest BCUT2D eigenvalue weighted by molar-refractivity contribution is -0.116. The summed E-state index contributed by atoms with van der Waals surface area (Å²) in [6.45, 7) is 0. The van der Waals surface area contributed by atoms with Gasteiger partial charge in [0.1, 0.15) is 0 Å². The first-order valence-corrected chi connectivity index (χ1v) is 9.35. The molecule has 2 amide bonds. The molecule has 1 aromatic heterocycles. The highest BCUT2D eigenvalue weighted by atomic mass is 35.5. The van der Waals surface area contributed by atoms with E-state index >= 15 is 0 Å². The number of carbonyl (C=O) groups excluding carboxylic acids is 2. The normalized spacial score (nSPS) is 11.4. The molecule has 1 atom stereocenters. The number of rotatable bonds is 7. The van der Waals surface area contributed by atoms with Crippen LogP contribution in [0.5, 0.6) is 5.88 Å². The first-order chi connectivity index (χ1) is 14.1. The molecule has 0 saturated heterocycles. The Balaban J connectivity index is 1.74. The van der Waals surface area contributed by atoms with E-state index in [1.54, 1.807) is 36.4 Å². The number of methoxy groups -OCH3 is 1. The van der Waals surface area contributed by atoms with Gasteiger partial charge in [-0.05, 0) is 23.8 Å². The van der Waals surface area contributed by atoms with Gasteiger partial charge >= 0.3 is 0 Å². The number of hydrogen-bond acceptors (Lipinski definition) is 4. The zero-order valence-electron chi connectivity index (χ0n) is 15.8. The maximum Gasteiger partial charge on any atom is 0.253 e. The molecule has 1 heterocycles. The highest BCUT2D eigenvalue weighted by molar-refractivity contribution is 6.33. The summed E-state index contributed by atoms with van der Waals surface area (Å²) in [6.07, 6.45) is 1.56. The van der Waals surface area contributed by atoms with Gasteiger partial charge in [0.2, 0.25) is 11.8 Å². The van der Waals surface area contributed by atoms with Crippen molar-refractivity contribution in [2.45, 2.75) is 12.5 Å². The average Bonchev–Trinajstić information content (AvgIpc) is 2.74. The highest BCUT2D eigenvalue weighted by Gasteiger charge is 2.20. The summed E-state index contributed by atoms with van der Waals surface area (Å²) >= 11 is 6.13. The molecular weight excluding hydrogens is 390 g/mol. The van der Waals surface area contributed by atoms with Crippen LogP contribution in [0.1, 0.15) is 28.4 Å². The predicted molar refractivity (Wildman–Crippen MR) is 112 cm³/mol. The summed E-state index contributed by atoms with van der Waals surface area (Å²) in [5.41, 5.74) is 1.71. The van der Waals surface area contributed by atoms with Crippen LogP contribution in [0.25, 0.3) is 0 Å². The summed E-state index contributed by atoms with van der Waals surface area (Å²) in [5, 5.41) is 6.04. The van der Waals surface area contributed by atoms with E-state index in [0.717, 1.165) is 5.56 Å². The van der Waals surface area contributed by atoms with Crippen LogP contribution in [-0.2, 0) is 4.79 Å². The van der Waals surface area contributed by atoms with Gasteiger partial charge in [-0.2, -0.15) is 0 Å². The molecule has 0 aliphatic rings. The number of pyridine rings is 1. The van der Waals surface area contributed by atoms with Gasteiger partial charge in [0.05, 0.1) is 42.0 Å². The van der Waals surface area contributed by atoms with Crippen molar-refractivity contribution in [1.82, 2.24) is 10.3 Å². The van der Waals surface area contributed by atoms with Crippen molar-refractivity contribution in [3.8, 4) is 5.88 Å². The molecular formula is C22H20ClN3O3. The number of nitrogens with zero attached hydrogens (tertiary/aromatic N) is 1. The van der Waals surface area contributed by atoms with E-state index in [9.17, 15) is 9.59 Å². The fourth-order valence-electron chi connectivity index (χ4n) is 2.79. The van der Waals surface area contributed by atoms with Crippen LogP contribution in [0.15, 0.2) is 72.9 Å². The summed E-state index contributed by atoms with van der Waals surface area (Å²) < 4.78 is 5.01. The summed E-state index contributed by atoms with van der Waals surface area (Å²) in [7, 11) is 1.52. The van der Waals surface area contributed by atoms with Crippen LogP contribution in [0.3, 0.4) is 0 Å². The molecule has 6 nitrogen and oxygen atoms in total. The van der Waals surface area contributed by atoms with Crippen molar-refractivity contribution >= 4 is 29.1 Å². The molecule has 0 unspecified atom stereocenters. The molecule has 2 N–H and O–H groups in total. The molecule has 0 fully saturated rings. The molecule has 0 radical (unpaired) electrons. The third kappa shape index (κ3) is 5.56. The quantitative estimate of drug-likeness (QED) is 0.611.